The van der Waals surface area contributed by atoms with E-state index >= 15 is 0 Å². The van der Waals surface area contributed by atoms with Crippen LogP contribution in [0.2, 0.25) is 0 Å². The second kappa shape index (κ2) is 7.58. The van der Waals surface area contributed by atoms with Crippen LogP contribution in [0.25, 0.3) is 11.3 Å². The Labute approximate surface area is 154 Å². The van der Waals surface area contributed by atoms with E-state index in [1.54, 1.807) is 7.11 Å². The Hall–Kier alpha value is -2.85. The lowest BCUT2D eigenvalue weighted by Crippen LogP contribution is -2.25. The summed E-state index contributed by atoms with van der Waals surface area (Å²) in [5.74, 6) is 0.909. The minimum absolute atomic E-state index is 0.904. The smallest absolute Gasteiger partial charge is 0.119 e. The lowest BCUT2D eigenvalue weighted by Gasteiger charge is -2.20. The first-order chi connectivity index (χ1) is 12.8. The van der Waals surface area contributed by atoms with Crippen LogP contribution in [0.1, 0.15) is 11.1 Å². The van der Waals surface area contributed by atoms with Crippen LogP contribution in [0.4, 0.5) is 5.69 Å². The third-order valence-corrected chi connectivity index (χ3v) is 4.74. The molecule has 4 nitrogen and oxygen atoms in total. The van der Waals surface area contributed by atoms with Crippen LogP contribution in [-0.2, 0) is 13.1 Å². The van der Waals surface area contributed by atoms with Gasteiger partial charge in [-0.1, -0.05) is 42.5 Å². The number of ether oxygens (including phenoxy) is 1. The summed E-state index contributed by atoms with van der Waals surface area (Å²) in [6.07, 6.45) is 1.96. The van der Waals surface area contributed by atoms with Gasteiger partial charge in [-0.3, -0.25) is 9.88 Å². The summed E-state index contributed by atoms with van der Waals surface area (Å²) in [5, 5.41) is 3.51. The lowest BCUT2D eigenvalue weighted by atomic mass is 10.1. The number of fused-ring (bicyclic) bond motifs is 1. The molecular formula is C22H23N3O. The summed E-state index contributed by atoms with van der Waals surface area (Å²) in [6.45, 7) is 3.72. The molecule has 1 aliphatic heterocycles. The molecule has 0 atom stereocenters. The normalized spacial score (nSPS) is 14.2. The predicted octanol–water partition coefficient (Wildman–Crippen LogP) is 4.18. The van der Waals surface area contributed by atoms with E-state index in [1.807, 2.05) is 18.3 Å². The van der Waals surface area contributed by atoms with Gasteiger partial charge in [0, 0.05) is 31.7 Å². The van der Waals surface area contributed by atoms with Crippen LogP contribution in [0.15, 0.2) is 66.9 Å². The third-order valence-electron chi connectivity index (χ3n) is 4.74. The molecule has 0 unspecified atom stereocenters. The maximum Gasteiger partial charge on any atom is 0.119 e. The summed E-state index contributed by atoms with van der Waals surface area (Å²) in [6, 6.07) is 20.9. The van der Waals surface area contributed by atoms with Crippen LogP contribution in [0.3, 0.4) is 0 Å². The topological polar surface area (TPSA) is 37.4 Å². The van der Waals surface area contributed by atoms with Crippen LogP contribution < -0.4 is 10.1 Å². The van der Waals surface area contributed by atoms with Gasteiger partial charge in [-0.25, -0.2) is 0 Å². The van der Waals surface area contributed by atoms with E-state index in [2.05, 4.69) is 63.7 Å². The Balaban J connectivity index is 1.57. The van der Waals surface area contributed by atoms with Gasteiger partial charge in [0.15, 0.2) is 0 Å². The van der Waals surface area contributed by atoms with E-state index < -0.39 is 0 Å². The Morgan fingerprint density at radius 2 is 1.96 bits per heavy atom. The average Bonchev–Trinajstić information content (AvgIpc) is 2.89. The maximum absolute atomic E-state index is 5.35. The molecule has 1 N–H and O–H groups in total. The van der Waals surface area contributed by atoms with E-state index in [4.69, 9.17) is 4.74 Å². The molecule has 0 spiro atoms. The van der Waals surface area contributed by atoms with Crippen molar-refractivity contribution >= 4 is 5.69 Å². The molecule has 0 radical (unpaired) electrons. The highest BCUT2D eigenvalue weighted by Crippen LogP contribution is 2.26. The van der Waals surface area contributed by atoms with Crippen molar-refractivity contribution in [1.29, 1.82) is 0 Å². The molecule has 0 fully saturated rings. The third kappa shape index (κ3) is 3.70. The molecule has 4 rings (SSSR count). The van der Waals surface area contributed by atoms with Gasteiger partial charge in [0.05, 0.1) is 24.7 Å². The highest BCUT2D eigenvalue weighted by atomic mass is 16.5. The summed E-state index contributed by atoms with van der Waals surface area (Å²) >= 11 is 0. The van der Waals surface area contributed by atoms with Crippen LogP contribution in [-0.4, -0.2) is 30.1 Å². The molecule has 0 saturated carbocycles. The number of pyridine rings is 1. The predicted molar refractivity (Wildman–Crippen MR) is 105 cm³/mol. The summed E-state index contributed by atoms with van der Waals surface area (Å²) in [5.41, 5.74) is 5.87. The minimum Gasteiger partial charge on any atom is -0.497 e. The first-order valence-electron chi connectivity index (χ1n) is 8.95. The monoisotopic (exact) mass is 345 g/mol. The van der Waals surface area contributed by atoms with E-state index in [-0.39, 0.29) is 0 Å². The number of anilines is 1. The van der Waals surface area contributed by atoms with Crippen molar-refractivity contribution in [2.45, 2.75) is 13.1 Å². The molecule has 26 heavy (non-hydrogen) atoms. The zero-order valence-electron chi connectivity index (χ0n) is 15.0. The van der Waals surface area contributed by atoms with Gasteiger partial charge in [0.25, 0.3) is 0 Å². The van der Waals surface area contributed by atoms with Gasteiger partial charge in [-0.05, 0) is 29.3 Å². The van der Waals surface area contributed by atoms with Crippen molar-refractivity contribution in [2.24, 2.45) is 0 Å². The SMILES string of the molecule is COc1cccc(CN2CCNc3cnc(-c4ccccc4)cc3C2)c1. The number of methoxy groups -OCH3 is 1. The Bertz CT molecular complexity index is 880. The van der Waals surface area contributed by atoms with Gasteiger partial charge in [-0.15, -0.1) is 0 Å². The van der Waals surface area contributed by atoms with Crippen LogP contribution in [0, 0.1) is 0 Å². The fourth-order valence-electron chi connectivity index (χ4n) is 3.39. The van der Waals surface area contributed by atoms with E-state index in [0.717, 1.165) is 48.9 Å². The maximum atomic E-state index is 5.35. The lowest BCUT2D eigenvalue weighted by molar-refractivity contribution is 0.271. The molecular weight excluding hydrogens is 322 g/mol. The molecule has 0 aliphatic carbocycles. The minimum atomic E-state index is 0.904. The largest absolute Gasteiger partial charge is 0.497 e. The molecule has 3 aromatic rings. The number of aromatic nitrogens is 1. The molecule has 0 saturated heterocycles. The van der Waals surface area contributed by atoms with Crippen LogP contribution in [0.5, 0.6) is 5.75 Å². The van der Waals surface area contributed by atoms with Crippen molar-refractivity contribution in [3.63, 3.8) is 0 Å². The fourth-order valence-corrected chi connectivity index (χ4v) is 3.39. The summed E-state index contributed by atoms with van der Waals surface area (Å²) in [4.78, 5) is 7.10. The summed E-state index contributed by atoms with van der Waals surface area (Å²) < 4.78 is 5.35. The number of hydrogen-bond acceptors (Lipinski definition) is 4. The first-order valence-corrected chi connectivity index (χ1v) is 8.95. The molecule has 0 amide bonds. The van der Waals surface area contributed by atoms with E-state index in [0.29, 0.717) is 0 Å². The number of rotatable bonds is 4. The van der Waals surface area contributed by atoms with E-state index in [1.165, 1.54) is 11.1 Å². The number of benzene rings is 2. The average molecular weight is 345 g/mol. The van der Waals surface area contributed by atoms with Gasteiger partial charge in [0.2, 0.25) is 0 Å². The highest BCUT2D eigenvalue weighted by Gasteiger charge is 2.16. The highest BCUT2D eigenvalue weighted by molar-refractivity contribution is 5.64. The second-order valence-corrected chi connectivity index (χ2v) is 6.58. The van der Waals surface area contributed by atoms with Crippen molar-refractivity contribution < 1.29 is 4.74 Å². The number of hydrogen-bond donors (Lipinski definition) is 1. The molecule has 4 heteroatoms. The van der Waals surface area contributed by atoms with Crippen molar-refractivity contribution in [1.82, 2.24) is 9.88 Å². The molecule has 2 aromatic carbocycles. The summed E-state index contributed by atoms with van der Waals surface area (Å²) in [7, 11) is 1.71. The van der Waals surface area contributed by atoms with E-state index in [9.17, 15) is 0 Å². The number of nitrogens with zero attached hydrogens (tertiary/aromatic N) is 2. The van der Waals surface area contributed by atoms with Gasteiger partial charge in [-0.2, -0.15) is 0 Å². The standard InChI is InChI=1S/C22H23N3O/c1-26-20-9-5-6-17(12-20)15-25-11-10-23-22-14-24-21(13-19(22)16-25)18-7-3-2-4-8-18/h2-9,12-14,23H,10-11,15-16H2,1H3. The van der Waals surface area contributed by atoms with Crippen molar-refractivity contribution in [3.05, 3.63) is 78.0 Å². The van der Waals surface area contributed by atoms with Crippen LogP contribution >= 0.6 is 0 Å². The Kier molecular flexibility index (Phi) is 4.84. The quantitative estimate of drug-likeness (QED) is 0.769. The Morgan fingerprint density at radius 3 is 2.81 bits per heavy atom. The molecule has 2 heterocycles. The molecule has 132 valence electrons. The molecule has 0 bridgehead atoms. The second-order valence-electron chi connectivity index (χ2n) is 6.58. The first kappa shape index (κ1) is 16.6. The van der Waals surface area contributed by atoms with Crippen molar-refractivity contribution in [2.75, 3.05) is 25.5 Å². The Morgan fingerprint density at radius 1 is 1.08 bits per heavy atom. The van der Waals surface area contributed by atoms with Gasteiger partial charge < -0.3 is 10.1 Å². The molecule has 1 aliphatic rings. The number of nitrogens with one attached hydrogen (secondary N) is 1. The molecule has 1 aromatic heterocycles. The van der Waals surface area contributed by atoms with Gasteiger partial charge >= 0.3 is 0 Å². The fraction of sp³-hybridized carbons (Fsp3) is 0.227. The van der Waals surface area contributed by atoms with Crippen molar-refractivity contribution in [3.8, 4) is 17.0 Å². The zero-order chi connectivity index (χ0) is 17.8. The van der Waals surface area contributed by atoms with Gasteiger partial charge in [0.1, 0.15) is 5.75 Å². The zero-order valence-corrected chi connectivity index (χ0v) is 15.0.